The maximum absolute atomic E-state index is 14.0. The van der Waals surface area contributed by atoms with E-state index >= 15 is 0 Å². The molecule has 2 aromatic rings. The molecule has 0 unspecified atom stereocenters. The molecule has 0 bridgehead atoms. The molecule has 2 aliphatic rings. The van der Waals surface area contributed by atoms with Crippen molar-refractivity contribution in [3.05, 3.63) is 71.8 Å². The number of ether oxygens (including phenoxy) is 1. The van der Waals surface area contributed by atoms with Crippen LogP contribution in [0, 0.1) is 0 Å². The average Bonchev–Trinajstić information content (AvgIpc) is 3.45. The third kappa shape index (κ3) is 9.46. The van der Waals surface area contributed by atoms with Crippen molar-refractivity contribution in [3.63, 3.8) is 0 Å². The lowest BCUT2D eigenvalue weighted by Crippen LogP contribution is -2.62. The second-order valence-corrected chi connectivity index (χ2v) is 13.0. The molecule has 0 aromatic heterocycles. The summed E-state index contributed by atoms with van der Waals surface area (Å²) in [5, 5.41) is 18.0. The van der Waals surface area contributed by atoms with E-state index in [0.717, 1.165) is 16.0 Å². The number of hydrogen-bond acceptors (Lipinski definition) is 7. The Morgan fingerprint density at radius 1 is 0.938 bits per heavy atom. The van der Waals surface area contributed by atoms with E-state index < -0.39 is 71.6 Å². The summed E-state index contributed by atoms with van der Waals surface area (Å²) in [5.74, 6) is -2.44. The zero-order valence-electron chi connectivity index (χ0n) is 27.4. The first-order chi connectivity index (χ1) is 22.7. The maximum atomic E-state index is 14.0. The first kappa shape index (κ1) is 35.7. The fourth-order valence-electron chi connectivity index (χ4n) is 6.08. The van der Waals surface area contributed by atoms with E-state index in [2.05, 4.69) is 16.0 Å². The van der Waals surface area contributed by atoms with Crippen molar-refractivity contribution in [2.45, 2.75) is 88.7 Å². The molecule has 2 aliphatic heterocycles. The Morgan fingerprint density at radius 2 is 1.54 bits per heavy atom. The van der Waals surface area contributed by atoms with Crippen LogP contribution >= 0.6 is 0 Å². The van der Waals surface area contributed by atoms with Gasteiger partial charge in [-0.15, -0.1) is 0 Å². The predicted octanol–water partition coefficient (Wildman–Crippen LogP) is 2.28. The lowest BCUT2D eigenvalue weighted by molar-refractivity contribution is -0.144. The minimum absolute atomic E-state index is 0.0780. The van der Waals surface area contributed by atoms with E-state index in [9.17, 15) is 33.9 Å². The van der Waals surface area contributed by atoms with Crippen molar-refractivity contribution in [2.24, 2.45) is 5.73 Å². The van der Waals surface area contributed by atoms with Crippen LogP contribution in [0.25, 0.3) is 0 Å². The van der Waals surface area contributed by atoms with Crippen LogP contribution in [0.2, 0.25) is 0 Å². The Bertz CT molecular complexity index is 1440. The van der Waals surface area contributed by atoms with E-state index in [4.69, 9.17) is 10.5 Å². The highest BCUT2D eigenvalue weighted by Gasteiger charge is 2.46. The Morgan fingerprint density at radius 3 is 2.08 bits per heavy atom. The quantitative estimate of drug-likeness (QED) is 0.255. The highest BCUT2D eigenvalue weighted by Crippen LogP contribution is 2.30. The molecule has 48 heavy (non-hydrogen) atoms. The van der Waals surface area contributed by atoms with Gasteiger partial charge in [0.2, 0.25) is 23.6 Å². The summed E-state index contributed by atoms with van der Waals surface area (Å²) in [6, 6.07) is 14.0. The standard InChI is InChI=1S/C34H44N6O8/c1-34(2,3)48-32(45)37-25-20-39(33(46)47)19-18-23-14-16-26(40(23)31(25)44)30(43)36-24(15-17-27(35)41)29(42)38-28(21-10-6-4-7-11-21)22-12-8-5-9-13-22/h4-13,23-26,28H,14-20H2,1-3H3,(H2,35,41)(H,36,43)(H,37,45)(H,38,42)(H,46,47)/t23-,24+,25+,26+/m1/s1. The third-order valence-electron chi connectivity index (χ3n) is 8.32. The molecule has 0 saturated carbocycles. The van der Waals surface area contributed by atoms with Crippen LogP contribution in [0.1, 0.15) is 70.0 Å². The van der Waals surface area contributed by atoms with Gasteiger partial charge in [-0.2, -0.15) is 0 Å². The molecule has 2 heterocycles. The van der Waals surface area contributed by atoms with Crippen LogP contribution in [0.3, 0.4) is 0 Å². The van der Waals surface area contributed by atoms with E-state index in [1.807, 2.05) is 60.7 Å². The van der Waals surface area contributed by atoms with Crippen molar-refractivity contribution in [3.8, 4) is 0 Å². The summed E-state index contributed by atoms with van der Waals surface area (Å²) in [6.45, 7) is 4.70. The Hall–Kier alpha value is -5.14. The van der Waals surface area contributed by atoms with Crippen LogP contribution in [-0.4, -0.2) is 93.6 Å². The summed E-state index contributed by atoms with van der Waals surface area (Å²) in [4.78, 5) is 80.5. The highest BCUT2D eigenvalue weighted by molar-refractivity contribution is 5.95. The SMILES string of the molecule is CC(C)(C)OC(=O)N[C@H]1CN(C(=O)O)CC[C@H]2CC[C@@H](C(=O)N[C@@H](CCC(N)=O)C(=O)NC(c3ccccc3)c3ccccc3)N2C1=O. The second-order valence-electron chi connectivity index (χ2n) is 13.0. The first-order valence-corrected chi connectivity index (χ1v) is 16.0. The summed E-state index contributed by atoms with van der Waals surface area (Å²) in [7, 11) is 0. The van der Waals surface area contributed by atoms with Crippen LogP contribution in [-0.2, 0) is 23.9 Å². The van der Waals surface area contributed by atoms with Gasteiger partial charge in [0.1, 0.15) is 23.7 Å². The normalized spacial score (nSPS) is 20.2. The van der Waals surface area contributed by atoms with E-state index in [0.29, 0.717) is 6.42 Å². The molecule has 0 spiro atoms. The molecule has 2 aromatic carbocycles. The highest BCUT2D eigenvalue weighted by atomic mass is 16.6. The second kappa shape index (κ2) is 15.6. The number of amides is 6. The van der Waals surface area contributed by atoms with E-state index in [1.54, 1.807) is 20.8 Å². The largest absolute Gasteiger partial charge is 0.465 e. The van der Waals surface area contributed by atoms with Crippen LogP contribution in [0.4, 0.5) is 9.59 Å². The van der Waals surface area contributed by atoms with Gasteiger partial charge in [0, 0.05) is 19.0 Å². The van der Waals surface area contributed by atoms with Crippen LogP contribution < -0.4 is 21.7 Å². The number of primary amides is 1. The van der Waals surface area contributed by atoms with Gasteiger partial charge >= 0.3 is 12.2 Å². The lowest BCUT2D eigenvalue weighted by atomic mass is 9.98. The summed E-state index contributed by atoms with van der Waals surface area (Å²) < 4.78 is 5.31. The molecule has 4 atom stereocenters. The Kier molecular flexibility index (Phi) is 11.6. The molecule has 2 saturated heterocycles. The van der Waals surface area contributed by atoms with Crippen molar-refractivity contribution >= 4 is 35.8 Å². The van der Waals surface area contributed by atoms with Crippen LogP contribution in [0.5, 0.6) is 0 Å². The smallest absolute Gasteiger partial charge is 0.408 e. The van der Waals surface area contributed by atoms with Gasteiger partial charge in [-0.3, -0.25) is 19.2 Å². The molecule has 0 aliphatic carbocycles. The number of carbonyl (C=O) groups is 6. The summed E-state index contributed by atoms with van der Waals surface area (Å²) in [6.07, 6.45) is -1.48. The van der Waals surface area contributed by atoms with Gasteiger partial charge < -0.3 is 41.3 Å². The van der Waals surface area contributed by atoms with Gasteiger partial charge in [0.25, 0.3) is 0 Å². The lowest BCUT2D eigenvalue weighted by Gasteiger charge is -2.38. The molecule has 14 nitrogen and oxygen atoms in total. The van der Waals surface area contributed by atoms with Gasteiger partial charge in [-0.1, -0.05) is 60.7 Å². The monoisotopic (exact) mass is 664 g/mol. The number of carboxylic acid groups (broad SMARTS) is 1. The zero-order valence-corrected chi connectivity index (χ0v) is 27.4. The molecule has 2 fully saturated rings. The van der Waals surface area contributed by atoms with Crippen molar-refractivity contribution < 1.29 is 38.6 Å². The topological polar surface area (TPSA) is 200 Å². The van der Waals surface area contributed by atoms with Gasteiger partial charge in [0.15, 0.2) is 0 Å². The minimum atomic E-state index is -1.32. The molecular weight excluding hydrogens is 620 g/mol. The maximum Gasteiger partial charge on any atom is 0.408 e. The number of nitrogens with one attached hydrogen (secondary N) is 3. The van der Waals surface area contributed by atoms with Gasteiger partial charge in [0.05, 0.1) is 12.6 Å². The molecule has 0 radical (unpaired) electrons. The van der Waals surface area contributed by atoms with E-state index in [1.165, 1.54) is 4.90 Å². The number of alkyl carbamates (subject to hydrolysis) is 1. The molecule has 6 N–H and O–H groups in total. The summed E-state index contributed by atoms with van der Waals surface area (Å²) in [5.41, 5.74) is 6.15. The van der Waals surface area contributed by atoms with E-state index in [-0.39, 0.29) is 38.8 Å². The minimum Gasteiger partial charge on any atom is -0.465 e. The molecule has 4 rings (SSSR count). The number of nitrogens with zero attached hydrogens (tertiary/aromatic N) is 2. The predicted molar refractivity (Wildman–Crippen MR) is 174 cm³/mol. The molecular formula is C34H44N6O8. The number of benzene rings is 2. The van der Waals surface area contributed by atoms with Crippen molar-refractivity contribution in [1.29, 1.82) is 0 Å². The number of fused-ring (bicyclic) bond motifs is 1. The fourth-order valence-corrected chi connectivity index (χ4v) is 6.08. The number of rotatable bonds is 10. The first-order valence-electron chi connectivity index (χ1n) is 16.0. The van der Waals surface area contributed by atoms with Crippen molar-refractivity contribution in [2.75, 3.05) is 13.1 Å². The number of hydrogen-bond donors (Lipinski definition) is 5. The average molecular weight is 665 g/mol. The molecule has 258 valence electrons. The third-order valence-corrected chi connectivity index (χ3v) is 8.32. The Balaban J connectivity index is 1.56. The number of nitrogens with two attached hydrogens (primary N) is 1. The molecule has 14 heteroatoms. The Labute approximate surface area is 279 Å². The number of carbonyl (C=O) groups excluding carboxylic acids is 5. The molecule has 6 amide bonds. The van der Waals surface area contributed by atoms with Crippen molar-refractivity contribution in [1.82, 2.24) is 25.8 Å². The van der Waals surface area contributed by atoms with Gasteiger partial charge in [-0.25, -0.2) is 9.59 Å². The van der Waals surface area contributed by atoms with Crippen LogP contribution in [0.15, 0.2) is 60.7 Å². The summed E-state index contributed by atoms with van der Waals surface area (Å²) >= 11 is 0. The van der Waals surface area contributed by atoms with Gasteiger partial charge in [-0.05, 0) is 57.6 Å². The fraction of sp³-hybridized carbons (Fsp3) is 0.471. The zero-order chi connectivity index (χ0) is 35.0.